The van der Waals surface area contributed by atoms with Gasteiger partial charge in [0.05, 0.1) is 22.3 Å². The summed E-state index contributed by atoms with van der Waals surface area (Å²) in [7, 11) is 0. The fraction of sp³-hybridized carbons (Fsp3) is 0.235. The van der Waals surface area contributed by atoms with Crippen molar-refractivity contribution in [2.75, 3.05) is 18.5 Å². The average Bonchev–Trinajstić information content (AvgIpc) is 2.90. The lowest BCUT2D eigenvalue weighted by Crippen LogP contribution is -2.18. The number of rotatable bonds is 1. The van der Waals surface area contributed by atoms with E-state index < -0.39 is 0 Å². The van der Waals surface area contributed by atoms with Gasteiger partial charge in [-0.05, 0) is 43.2 Å². The number of nitrogens with one attached hydrogen (secondary N) is 2. The lowest BCUT2D eigenvalue weighted by Gasteiger charge is -2.20. The number of aromatic nitrogens is 2. The first-order chi connectivity index (χ1) is 10.2. The van der Waals surface area contributed by atoms with Crippen LogP contribution >= 0.6 is 0 Å². The zero-order valence-electron chi connectivity index (χ0n) is 12.2. The molecule has 0 spiro atoms. The molecule has 0 unspecified atom stereocenters. The highest BCUT2D eigenvalue weighted by atomic mass is 16.5. The molecule has 0 saturated carbocycles. The van der Waals surface area contributed by atoms with E-state index in [1.165, 1.54) is 11.1 Å². The van der Waals surface area contributed by atoms with Crippen LogP contribution in [0.1, 0.15) is 11.1 Å². The summed E-state index contributed by atoms with van der Waals surface area (Å²) in [5.74, 6) is 1.75. The van der Waals surface area contributed by atoms with E-state index >= 15 is 0 Å². The first kappa shape index (κ1) is 12.3. The Balaban J connectivity index is 1.93. The van der Waals surface area contributed by atoms with Crippen molar-refractivity contribution in [2.24, 2.45) is 0 Å². The van der Waals surface area contributed by atoms with Crippen molar-refractivity contribution in [2.45, 2.75) is 13.8 Å². The number of fused-ring (bicyclic) bond motifs is 2. The average molecular weight is 279 g/mol. The highest BCUT2D eigenvalue weighted by Crippen LogP contribution is 2.37. The van der Waals surface area contributed by atoms with E-state index in [0.29, 0.717) is 6.61 Å². The fourth-order valence-corrected chi connectivity index (χ4v) is 2.96. The van der Waals surface area contributed by atoms with Gasteiger partial charge in [0.15, 0.2) is 5.75 Å². The van der Waals surface area contributed by atoms with Crippen LogP contribution in [0.5, 0.6) is 5.75 Å². The van der Waals surface area contributed by atoms with E-state index in [4.69, 9.17) is 9.72 Å². The molecule has 0 atom stereocenters. The molecule has 0 saturated heterocycles. The Labute approximate surface area is 123 Å². The second-order valence-electron chi connectivity index (χ2n) is 5.52. The molecule has 4 nitrogen and oxygen atoms in total. The van der Waals surface area contributed by atoms with Crippen LogP contribution in [0.4, 0.5) is 5.69 Å². The van der Waals surface area contributed by atoms with Crippen LogP contribution in [0.2, 0.25) is 0 Å². The van der Waals surface area contributed by atoms with Gasteiger partial charge >= 0.3 is 0 Å². The van der Waals surface area contributed by atoms with E-state index in [2.05, 4.69) is 36.3 Å². The van der Waals surface area contributed by atoms with Crippen molar-refractivity contribution in [3.05, 3.63) is 41.5 Å². The highest BCUT2D eigenvalue weighted by Gasteiger charge is 2.17. The third-order valence-corrected chi connectivity index (χ3v) is 3.86. The minimum Gasteiger partial charge on any atom is -0.489 e. The first-order valence-electron chi connectivity index (χ1n) is 7.19. The maximum Gasteiger partial charge on any atom is 0.153 e. The van der Waals surface area contributed by atoms with Crippen LogP contribution in [0, 0.1) is 13.8 Å². The number of anilines is 1. The van der Waals surface area contributed by atoms with Gasteiger partial charge in [-0.1, -0.05) is 12.1 Å². The molecular weight excluding hydrogens is 262 g/mol. The van der Waals surface area contributed by atoms with Gasteiger partial charge < -0.3 is 15.0 Å². The molecule has 2 heterocycles. The number of imidazole rings is 1. The van der Waals surface area contributed by atoms with Crippen molar-refractivity contribution < 1.29 is 4.74 Å². The molecule has 4 rings (SSSR count). The van der Waals surface area contributed by atoms with E-state index in [1.54, 1.807) is 0 Å². The monoisotopic (exact) mass is 279 g/mol. The number of hydrogen-bond donors (Lipinski definition) is 2. The van der Waals surface area contributed by atoms with Crippen LogP contribution in [0.25, 0.3) is 22.4 Å². The lowest BCUT2D eigenvalue weighted by molar-refractivity contribution is 0.324. The molecule has 0 amide bonds. The van der Waals surface area contributed by atoms with Crippen molar-refractivity contribution in [1.29, 1.82) is 0 Å². The Morgan fingerprint density at radius 3 is 3.00 bits per heavy atom. The second-order valence-corrected chi connectivity index (χ2v) is 5.52. The molecule has 106 valence electrons. The number of hydrogen-bond acceptors (Lipinski definition) is 3. The van der Waals surface area contributed by atoms with Crippen molar-refractivity contribution in [1.82, 2.24) is 9.97 Å². The van der Waals surface area contributed by atoms with Gasteiger partial charge in [-0.25, -0.2) is 4.98 Å². The van der Waals surface area contributed by atoms with Crippen molar-refractivity contribution in [3.63, 3.8) is 0 Å². The number of para-hydroxylation sites is 1. The van der Waals surface area contributed by atoms with Crippen molar-refractivity contribution >= 4 is 16.7 Å². The Morgan fingerprint density at radius 2 is 2.10 bits per heavy atom. The van der Waals surface area contributed by atoms with Gasteiger partial charge in [0, 0.05) is 6.54 Å². The number of aromatic amines is 1. The standard InChI is InChI=1S/C17H17N3O/c1-10-8-11(2)15-14(9-10)19-17(20-15)12-4-3-5-13-16(12)21-7-6-18-13/h3-5,8-9,18H,6-7H2,1-2H3,(H,19,20). The third-order valence-electron chi connectivity index (χ3n) is 3.86. The summed E-state index contributed by atoms with van der Waals surface area (Å²) in [6.07, 6.45) is 0. The van der Waals surface area contributed by atoms with Gasteiger partial charge in [0.1, 0.15) is 12.4 Å². The minimum absolute atomic E-state index is 0.683. The van der Waals surface area contributed by atoms with Gasteiger partial charge in [-0.15, -0.1) is 0 Å². The molecule has 2 aromatic carbocycles. The summed E-state index contributed by atoms with van der Waals surface area (Å²) in [4.78, 5) is 8.19. The van der Waals surface area contributed by atoms with Gasteiger partial charge in [0.25, 0.3) is 0 Å². The normalized spacial score (nSPS) is 13.6. The van der Waals surface area contributed by atoms with E-state index in [-0.39, 0.29) is 0 Å². The van der Waals surface area contributed by atoms with E-state index in [9.17, 15) is 0 Å². The van der Waals surface area contributed by atoms with Gasteiger partial charge in [-0.2, -0.15) is 0 Å². The summed E-state index contributed by atoms with van der Waals surface area (Å²) in [6, 6.07) is 10.4. The molecule has 1 aromatic heterocycles. The molecule has 0 bridgehead atoms. The molecule has 21 heavy (non-hydrogen) atoms. The predicted molar refractivity (Wildman–Crippen MR) is 85.0 cm³/mol. The largest absolute Gasteiger partial charge is 0.489 e. The Hall–Kier alpha value is -2.49. The zero-order valence-corrected chi connectivity index (χ0v) is 12.2. The zero-order chi connectivity index (χ0) is 14.4. The summed E-state index contributed by atoms with van der Waals surface area (Å²) in [5, 5.41) is 3.36. The molecule has 0 radical (unpaired) electrons. The molecular formula is C17H17N3O. The molecule has 2 N–H and O–H groups in total. The van der Waals surface area contributed by atoms with Crippen LogP contribution in [0.3, 0.4) is 0 Å². The maximum absolute atomic E-state index is 5.84. The van der Waals surface area contributed by atoms with Gasteiger partial charge in [0.2, 0.25) is 0 Å². The van der Waals surface area contributed by atoms with E-state index in [1.807, 2.05) is 18.2 Å². The number of nitrogens with zero attached hydrogens (tertiary/aromatic N) is 1. The molecule has 4 heteroatoms. The Bertz CT molecular complexity index is 835. The summed E-state index contributed by atoms with van der Waals surface area (Å²) in [5.41, 5.74) is 6.57. The summed E-state index contributed by atoms with van der Waals surface area (Å²) >= 11 is 0. The Kier molecular flexibility index (Phi) is 2.64. The van der Waals surface area contributed by atoms with Crippen LogP contribution in [0.15, 0.2) is 30.3 Å². The number of H-pyrrole nitrogens is 1. The predicted octanol–water partition coefficient (Wildman–Crippen LogP) is 3.65. The maximum atomic E-state index is 5.84. The summed E-state index contributed by atoms with van der Waals surface area (Å²) < 4.78 is 5.84. The topological polar surface area (TPSA) is 49.9 Å². The molecule has 3 aromatic rings. The van der Waals surface area contributed by atoms with Crippen LogP contribution in [-0.2, 0) is 0 Å². The van der Waals surface area contributed by atoms with Gasteiger partial charge in [-0.3, -0.25) is 0 Å². The highest BCUT2D eigenvalue weighted by molar-refractivity contribution is 5.85. The molecule has 1 aliphatic heterocycles. The number of ether oxygens (including phenoxy) is 1. The smallest absolute Gasteiger partial charge is 0.153 e. The molecule has 0 aliphatic carbocycles. The number of aryl methyl sites for hydroxylation is 2. The molecule has 0 fully saturated rings. The van der Waals surface area contributed by atoms with Crippen molar-refractivity contribution in [3.8, 4) is 17.1 Å². The SMILES string of the molecule is Cc1cc(C)c2nc(-c3cccc4c3OCCN4)[nH]c2c1. The van der Waals surface area contributed by atoms with Crippen LogP contribution in [-0.4, -0.2) is 23.1 Å². The Morgan fingerprint density at radius 1 is 1.19 bits per heavy atom. The lowest BCUT2D eigenvalue weighted by atomic mass is 10.1. The number of benzene rings is 2. The van der Waals surface area contributed by atoms with Crippen LogP contribution < -0.4 is 10.1 Å². The second kappa shape index (κ2) is 4.52. The first-order valence-corrected chi connectivity index (χ1v) is 7.19. The molecule has 1 aliphatic rings. The quantitative estimate of drug-likeness (QED) is 0.715. The third kappa shape index (κ3) is 1.95. The minimum atomic E-state index is 0.683. The summed E-state index contributed by atoms with van der Waals surface area (Å²) in [6.45, 7) is 5.72. The van der Waals surface area contributed by atoms with E-state index in [0.717, 1.165) is 40.4 Å². The fourth-order valence-electron chi connectivity index (χ4n) is 2.96.